The van der Waals surface area contributed by atoms with E-state index in [0.29, 0.717) is 11.1 Å². The monoisotopic (exact) mass is 446 g/mol. The molecule has 1 saturated carbocycles. The Kier molecular flexibility index (Phi) is 7.24. The van der Waals surface area contributed by atoms with E-state index in [-0.39, 0.29) is 18.5 Å². The molecule has 5 nitrogen and oxygen atoms in total. The van der Waals surface area contributed by atoms with E-state index in [4.69, 9.17) is 0 Å². The molecule has 28 heavy (non-hydrogen) atoms. The van der Waals surface area contributed by atoms with Crippen LogP contribution in [0.4, 0.5) is 0 Å². The van der Waals surface area contributed by atoms with Gasteiger partial charge in [0.2, 0.25) is 0 Å². The molecule has 0 atom stereocenters. The Balaban J connectivity index is 1.55. The number of rotatable bonds is 6. The fraction of sp³-hybridized carbons (Fsp3) is 0.409. The molecule has 1 amide bonds. The fourth-order valence-corrected chi connectivity index (χ4v) is 3.74. The van der Waals surface area contributed by atoms with Gasteiger partial charge in [-0.2, -0.15) is 0 Å². The molecule has 0 radical (unpaired) electrons. The summed E-state index contributed by atoms with van der Waals surface area (Å²) in [5.41, 5.74) is 1.84. The lowest BCUT2D eigenvalue weighted by atomic mass is 10.1. The van der Waals surface area contributed by atoms with Crippen LogP contribution in [0.3, 0.4) is 0 Å². The van der Waals surface area contributed by atoms with E-state index in [1.807, 2.05) is 12.1 Å². The maximum absolute atomic E-state index is 12.5. The summed E-state index contributed by atoms with van der Waals surface area (Å²) in [5, 5.41) is 26.4. The third-order valence-electron chi connectivity index (χ3n) is 5.19. The molecule has 150 valence electrons. The molecule has 0 heterocycles. The first-order valence-corrected chi connectivity index (χ1v) is 10.6. The summed E-state index contributed by atoms with van der Waals surface area (Å²) in [6, 6.07) is 14.2. The minimum absolute atomic E-state index is 0.0417. The summed E-state index contributed by atoms with van der Waals surface area (Å²) in [6.45, 7) is 0.258. The van der Waals surface area contributed by atoms with Crippen molar-refractivity contribution in [2.75, 3.05) is 0 Å². The molecule has 2 aromatic rings. The highest BCUT2D eigenvalue weighted by molar-refractivity contribution is 9.10. The number of nitrogens with one attached hydrogen (secondary N) is 2. The van der Waals surface area contributed by atoms with E-state index < -0.39 is 5.91 Å². The van der Waals surface area contributed by atoms with Crippen LogP contribution in [0.1, 0.15) is 60.0 Å². The van der Waals surface area contributed by atoms with E-state index in [0.717, 1.165) is 22.9 Å². The van der Waals surface area contributed by atoms with Crippen LogP contribution in [0.15, 0.2) is 53.0 Å². The summed E-state index contributed by atoms with van der Waals surface area (Å²) in [7, 11) is 0. The van der Waals surface area contributed by atoms with Crippen LogP contribution in [0.25, 0.3) is 0 Å². The number of carbonyl (C=O) groups excluding carboxylic acids is 1. The molecule has 2 aromatic carbocycles. The molecule has 1 fully saturated rings. The van der Waals surface area contributed by atoms with E-state index in [1.54, 1.807) is 36.4 Å². The Hall–Kier alpha value is -1.73. The second-order valence-corrected chi connectivity index (χ2v) is 8.31. The van der Waals surface area contributed by atoms with E-state index >= 15 is 0 Å². The summed E-state index contributed by atoms with van der Waals surface area (Å²) in [5.74, 6) is -2.17. The largest absolute Gasteiger partial charge is 0.350 e. The average molecular weight is 447 g/mol. The number of amides is 1. The summed E-state index contributed by atoms with van der Waals surface area (Å²) in [4.78, 5) is 12.5. The second-order valence-electron chi connectivity index (χ2n) is 7.39. The van der Waals surface area contributed by atoms with Crippen LogP contribution in [0, 0.1) is 0 Å². The van der Waals surface area contributed by atoms with Crippen LogP contribution in [-0.2, 0) is 12.5 Å². The summed E-state index contributed by atoms with van der Waals surface area (Å²) in [6.07, 6.45) is 6.98. The number of halogens is 1. The molecule has 0 bridgehead atoms. The Labute approximate surface area is 174 Å². The lowest BCUT2D eigenvalue weighted by Crippen LogP contribution is -2.41. The molecule has 0 aliphatic heterocycles. The number of benzene rings is 2. The van der Waals surface area contributed by atoms with Gasteiger partial charge < -0.3 is 15.5 Å². The topological polar surface area (TPSA) is 81.6 Å². The minimum atomic E-state index is -2.13. The van der Waals surface area contributed by atoms with Crippen LogP contribution >= 0.6 is 15.9 Å². The van der Waals surface area contributed by atoms with Crippen molar-refractivity contribution in [1.82, 2.24) is 10.6 Å². The molecule has 1 aliphatic carbocycles. The zero-order valence-electron chi connectivity index (χ0n) is 15.8. The SMILES string of the molecule is O=C(NC1CCCCCC1)c1ccc(CNC(O)(O)c2ccc(Br)cc2)cc1. The molecule has 0 aromatic heterocycles. The van der Waals surface area contributed by atoms with Gasteiger partial charge in [0.05, 0.1) is 0 Å². The van der Waals surface area contributed by atoms with Crippen molar-refractivity contribution in [1.29, 1.82) is 0 Å². The number of carbonyl (C=O) groups is 1. The molecule has 3 rings (SSSR count). The van der Waals surface area contributed by atoms with Gasteiger partial charge in [0.25, 0.3) is 11.8 Å². The lowest BCUT2D eigenvalue weighted by Gasteiger charge is -2.23. The fourth-order valence-electron chi connectivity index (χ4n) is 3.48. The maximum Gasteiger partial charge on any atom is 0.251 e. The van der Waals surface area contributed by atoms with Crippen molar-refractivity contribution < 1.29 is 15.0 Å². The van der Waals surface area contributed by atoms with Crippen molar-refractivity contribution in [3.05, 3.63) is 69.7 Å². The standard InChI is InChI=1S/C22H27BrN2O3/c23-19-13-11-18(12-14-19)22(27,28)24-15-16-7-9-17(10-8-16)21(26)25-20-5-3-1-2-4-6-20/h7-14,20,24,27-28H,1-6,15H2,(H,25,26). The second kappa shape index (κ2) is 9.65. The highest BCUT2D eigenvalue weighted by Crippen LogP contribution is 2.20. The zero-order valence-corrected chi connectivity index (χ0v) is 17.4. The smallest absolute Gasteiger partial charge is 0.251 e. The highest BCUT2D eigenvalue weighted by atomic mass is 79.9. The number of hydrogen-bond donors (Lipinski definition) is 4. The van der Waals surface area contributed by atoms with Crippen molar-refractivity contribution in [2.24, 2.45) is 0 Å². The Morgan fingerprint density at radius 2 is 1.57 bits per heavy atom. The van der Waals surface area contributed by atoms with Crippen molar-refractivity contribution in [3.63, 3.8) is 0 Å². The predicted molar refractivity (Wildman–Crippen MR) is 112 cm³/mol. The van der Waals surface area contributed by atoms with Gasteiger partial charge in [0, 0.05) is 28.2 Å². The third-order valence-corrected chi connectivity index (χ3v) is 5.72. The van der Waals surface area contributed by atoms with Gasteiger partial charge in [-0.25, -0.2) is 0 Å². The van der Waals surface area contributed by atoms with Gasteiger partial charge in [-0.15, -0.1) is 0 Å². The van der Waals surface area contributed by atoms with Gasteiger partial charge in [-0.1, -0.05) is 65.9 Å². The van der Waals surface area contributed by atoms with Crippen molar-refractivity contribution in [3.8, 4) is 0 Å². The molecular formula is C22H27BrN2O3. The van der Waals surface area contributed by atoms with E-state index in [1.165, 1.54) is 25.7 Å². The Morgan fingerprint density at radius 3 is 2.18 bits per heavy atom. The van der Waals surface area contributed by atoms with Crippen molar-refractivity contribution >= 4 is 21.8 Å². The number of hydrogen-bond acceptors (Lipinski definition) is 4. The van der Waals surface area contributed by atoms with Gasteiger partial charge >= 0.3 is 0 Å². The number of aliphatic hydroxyl groups is 2. The summed E-state index contributed by atoms with van der Waals surface area (Å²) < 4.78 is 0.866. The van der Waals surface area contributed by atoms with Crippen LogP contribution in [-0.4, -0.2) is 22.2 Å². The molecule has 4 N–H and O–H groups in total. The quantitative estimate of drug-likeness (QED) is 0.401. The zero-order chi connectivity index (χ0) is 20.0. The normalized spacial score (nSPS) is 15.8. The minimum Gasteiger partial charge on any atom is -0.350 e. The molecule has 0 saturated heterocycles. The summed E-state index contributed by atoms with van der Waals surface area (Å²) >= 11 is 3.32. The Morgan fingerprint density at radius 1 is 0.964 bits per heavy atom. The van der Waals surface area contributed by atoms with Crippen molar-refractivity contribution in [2.45, 2.75) is 57.0 Å². The van der Waals surface area contributed by atoms with Crippen LogP contribution in [0.2, 0.25) is 0 Å². The van der Waals surface area contributed by atoms with Gasteiger partial charge in [-0.05, 0) is 42.7 Å². The average Bonchev–Trinajstić information content (AvgIpc) is 2.96. The first-order valence-electron chi connectivity index (χ1n) is 9.80. The molecule has 0 spiro atoms. The lowest BCUT2D eigenvalue weighted by molar-refractivity contribution is -0.196. The van der Waals surface area contributed by atoms with E-state index in [9.17, 15) is 15.0 Å². The third kappa shape index (κ3) is 5.88. The molecule has 1 aliphatic rings. The van der Waals surface area contributed by atoms with Gasteiger partial charge in [0.15, 0.2) is 0 Å². The first-order chi connectivity index (χ1) is 13.4. The maximum atomic E-state index is 12.5. The molecule has 6 heteroatoms. The van der Waals surface area contributed by atoms with Gasteiger partial charge in [-0.3, -0.25) is 10.1 Å². The predicted octanol–water partition coefficient (Wildman–Crippen LogP) is 3.79. The Bertz CT molecular complexity index is 767. The van der Waals surface area contributed by atoms with Crippen LogP contribution in [0.5, 0.6) is 0 Å². The molecule has 0 unspecified atom stereocenters. The first kappa shape index (κ1) is 21.0. The molecular weight excluding hydrogens is 420 g/mol. The van der Waals surface area contributed by atoms with E-state index in [2.05, 4.69) is 26.6 Å². The highest BCUT2D eigenvalue weighted by Gasteiger charge is 2.25. The van der Waals surface area contributed by atoms with Gasteiger partial charge in [0.1, 0.15) is 0 Å². The van der Waals surface area contributed by atoms with Crippen LogP contribution < -0.4 is 10.6 Å².